The maximum Gasteiger partial charge on any atom is 0.0300 e. The topological polar surface area (TPSA) is 4.93 Å². The summed E-state index contributed by atoms with van der Waals surface area (Å²) in [5.41, 5.74) is 2.59. The second-order valence-electron chi connectivity index (χ2n) is 5.17. The van der Waals surface area contributed by atoms with Crippen LogP contribution in [0.15, 0.2) is 60.9 Å². The van der Waals surface area contributed by atoms with Gasteiger partial charge in [-0.15, -0.1) is 0 Å². The highest BCUT2D eigenvalue weighted by molar-refractivity contribution is 5.87. The van der Waals surface area contributed by atoms with Crippen LogP contribution in [0.3, 0.4) is 0 Å². The van der Waals surface area contributed by atoms with E-state index in [0.29, 0.717) is 6.04 Å². The van der Waals surface area contributed by atoms with E-state index in [0.717, 1.165) is 6.42 Å². The highest BCUT2D eigenvalue weighted by Gasteiger charge is 2.05. The van der Waals surface area contributed by atoms with Crippen LogP contribution >= 0.6 is 0 Å². The average Bonchev–Trinajstić information content (AvgIpc) is 2.95. The molecule has 0 saturated carbocycles. The molecule has 0 spiro atoms. The number of hydrogen-bond donors (Lipinski definition) is 0. The molecule has 0 N–H and O–H groups in total. The number of fused-ring (bicyclic) bond motifs is 1. The Kier molecular flexibility index (Phi) is 3.12. The summed E-state index contributed by atoms with van der Waals surface area (Å²) in [5.74, 6) is 0. The third kappa shape index (κ3) is 2.28. The van der Waals surface area contributed by atoms with Crippen LogP contribution in [0, 0.1) is 0 Å². The number of benzene rings is 2. The lowest BCUT2D eigenvalue weighted by molar-refractivity contribution is 0.533. The van der Waals surface area contributed by atoms with E-state index in [4.69, 9.17) is 0 Å². The fourth-order valence-corrected chi connectivity index (χ4v) is 2.44. The number of rotatable bonds is 3. The van der Waals surface area contributed by atoms with Gasteiger partial charge < -0.3 is 4.57 Å². The molecule has 1 unspecified atom stereocenters. The Labute approximate surface area is 114 Å². The third-order valence-corrected chi connectivity index (χ3v) is 3.90. The zero-order valence-electron chi connectivity index (χ0n) is 11.5. The first-order chi connectivity index (χ1) is 9.28. The molecule has 0 aliphatic heterocycles. The Morgan fingerprint density at radius 2 is 1.74 bits per heavy atom. The van der Waals surface area contributed by atoms with E-state index in [1.807, 2.05) is 0 Å². The maximum atomic E-state index is 2.30. The van der Waals surface area contributed by atoms with Crippen molar-refractivity contribution in [1.82, 2.24) is 4.57 Å². The Bertz CT molecular complexity index is 693. The largest absolute Gasteiger partial charge is 0.351 e. The molecular weight excluding hydrogens is 230 g/mol. The average molecular weight is 249 g/mol. The Morgan fingerprint density at radius 3 is 2.53 bits per heavy atom. The molecule has 3 aromatic rings. The summed E-state index contributed by atoms with van der Waals surface area (Å²) >= 11 is 0. The van der Waals surface area contributed by atoms with Crippen molar-refractivity contribution in [3.05, 3.63) is 60.9 Å². The highest BCUT2D eigenvalue weighted by atomic mass is 15.0. The van der Waals surface area contributed by atoms with E-state index in [1.54, 1.807) is 0 Å². The second kappa shape index (κ2) is 4.93. The van der Waals surface area contributed by atoms with Crippen molar-refractivity contribution in [2.24, 2.45) is 0 Å². The summed E-state index contributed by atoms with van der Waals surface area (Å²) in [6.07, 6.45) is 5.59. The molecule has 1 heterocycles. The quantitative estimate of drug-likeness (QED) is 0.595. The van der Waals surface area contributed by atoms with Crippen LogP contribution in [-0.2, 0) is 0 Å². The van der Waals surface area contributed by atoms with Gasteiger partial charge in [-0.3, -0.25) is 0 Å². The molecule has 0 aliphatic rings. The Morgan fingerprint density at radius 1 is 0.947 bits per heavy atom. The van der Waals surface area contributed by atoms with Gasteiger partial charge in [0.25, 0.3) is 0 Å². The van der Waals surface area contributed by atoms with Crippen LogP contribution in [0.25, 0.3) is 21.9 Å². The Balaban J connectivity index is 2.01. The molecule has 0 amide bonds. The minimum absolute atomic E-state index is 0.564. The lowest BCUT2D eigenvalue weighted by Gasteiger charge is -2.10. The molecule has 2 aromatic carbocycles. The van der Waals surface area contributed by atoms with Gasteiger partial charge in [0.2, 0.25) is 0 Å². The molecule has 96 valence electrons. The highest BCUT2D eigenvalue weighted by Crippen LogP contribution is 2.26. The van der Waals surface area contributed by atoms with Crippen LogP contribution in [0.5, 0.6) is 0 Å². The van der Waals surface area contributed by atoms with E-state index in [-0.39, 0.29) is 0 Å². The number of hydrogen-bond acceptors (Lipinski definition) is 0. The number of nitrogens with zero attached hydrogens (tertiary/aromatic N) is 1. The SMILES string of the molecule is CCC(C)n1ccc(-c2ccc3ccccc3c2)c1. The van der Waals surface area contributed by atoms with Crippen LogP contribution in [0.4, 0.5) is 0 Å². The van der Waals surface area contributed by atoms with Gasteiger partial charge in [0.05, 0.1) is 0 Å². The van der Waals surface area contributed by atoms with Gasteiger partial charge in [0.15, 0.2) is 0 Å². The van der Waals surface area contributed by atoms with Gasteiger partial charge >= 0.3 is 0 Å². The molecular formula is C18H19N. The molecule has 3 rings (SSSR count). The predicted octanol–water partition coefficient (Wildman–Crippen LogP) is 5.28. The van der Waals surface area contributed by atoms with Gasteiger partial charge in [-0.25, -0.2) is 0 Å². The van der Waals surface area contributed by atoms with Crippen molar-refractivity contribution in [3.8, 4) is 11.1 Å². The van der Waals surface area contributed by atoms with E-state index in [9.17, 15) is 0 Å². The molecule has 1 aromatic heterocycles. The summed E-state index contributed by atoms with van der Waals surface area (Å²) in [5, 5.41) is 2.60. The lowest BCUT2D eigenvalue weighted by Crippen LogP contribution is -1.99. The standard InChI is InChI=1S/C18H19N/c1-3-14(2)19-11-10-18(13-19)17-9-8-15-6-4-5-7-16(15)12-17/h4-14H,3H2,1-2H3. The van der Waals surface area contributed by atoms with Gasteiger partial charge in [0.1, 0.15) is 0 Å². The van der Waals surface area contributed by atoms with Gasteiger partial charge in [0, 0.05) is 18.4 Å². The molecule has 0 aliphatic carbocycles. The number of aromatic nitrogens is 1. The summed E-state index contributed by atoms with van der Waals surface area (Å²) in [7, 11) is 0. The first-order valence-electron chi connectivity index (χ1n) is 6.94. The summed E-state index contributed by atoms with van der Waals surface area (Å²) < 4.78 is 2.30. The van der Waals surface area contributed by atoms with Crippen molar-refractivity contribution >= 4 is 10.8 Å². The fourth-order valence-electron chi connectivity index (χ4n) is 2.44. The molecule has 1 nitrogen and oxygen atoms in total. The molecule has 0 saturated heterocycles. The van der Waals surface area contributed by atoms with Crippen molar-refractivity contribution < 1.29 is 0 Å². The molecule has 19 heavy (non-hydrogen) atoms. The normalized spacial score (nSPS) is 12.7. The van der Waals surface area contributed by atoms with E-state index in [1.165, 1.54) is 21.9 Å². The molecule has 1 atom stereocenters. The summed E-state index contributed by atoms with van der Waals surface area (Å²) in [6.45, 7) is 4.48. The monoisotopic (exact) mass is 249 g/mol. The molecule has 1 heteroatoms. The first-order valence-corrected chi connectivity index (χ1v) is 6.94. The Hall–Kier alpha value is -2.02. The van der Waals surface area contributed by atoms with E-state index in [2.05, 4.69) is 79.3 Å². The molecule has 0 bridgehead atoms. The van der Waals surface area contributed by atoms with Crippen LogP contribution < -0.4 is 0 Å². The second-order valence-corrected chi connectivity index (χ2v) is 5.17. The first kappa shape index (κ1) is 12.0. The van der Waals surface area contributed by atoms with Crippen molar-refractivity contribution in [2.75, 3.05) is 0 Å². The minimum atomic E-state index is 0.564. The summed E-state index contributed by atoms with van der Waals surface area (Å²) in [4.78, 5) is 0. The van der Waals surface area contributed by atoms with Crippen molar-refractivity contribution in [2.45, 2.75) is 26.3 Å². The molecule has 0 radical (unpaired) electrons. The molecule has 0 fully saturated rings. The van der Waals surface area contributed by atoms with E-state index < -0.39 is 0 Å². The maximum absolute atomic E-state index is 2.30. The van der Waals surface area contributed by atoms with Crippen LogP contribution in [-0.4, -0.2) is 4.57 Å². The predicted molar refractivity (Wildman–Crippen MR) is 82.4 cm³/mol. The van der Waals surface area contributed by atoms with Crippen molar-refractivity contribution in [1.29, 1.82) is 0 Å². The minimum Gasteiger partial charge on any atom is -0.351 e. The van der Waals surface area contributed by atoms with Crippen molar-refractivity contribution in [3.63, 3.8) is 0 Å². The van der Waals surface area contributed by atoms with Crippen LogP contribution in [0.1, 0.15) is 26.3 Å². The lowest BCUT2D eigenvalue weighted by atomic mass is 10.0. The van der Waals surface area contributed by atoms with Gasteiger partial charge in [-0.05, 0) is 47.4 Å². The zero-order valence-corrected chi connectivity index (χ0v) is 11.5. The fraction of sp³-hybridized carbons (Fsp3) is 0.222. The van der Waals surface area contributed by atoms with Gasteiger partial charge in [-0.1, -0.05) is 43.3 Å². The van der Waals surface area contributed by atoms with Crippen LogP contribution in [0.2, 0.25) is 0 Å². The summed E-state index contributed by atoms with van der Waals surface area (Å²) in [6, 6.07) is 18.0. The smallest absolute Gasteiger partial charge is 0.0300 e. The zero-order chi connectivity index (χ0) is 13.2. The van der Waals surface area contributed by atoms with E-state index >= 15 is 0 Å². The third-order valence-electron chi connectivity index (χ3n) is 3.90. The van der Waals surface area contributed by atoms with Gasteiger partial charge in [-0.2, -0.15) is 0 Å².